The average Bonchev–Trinajstić information content (AvgIpc) is 3.22. The molecule has 7 heteroatoms. The van der Waals surface area contributed by atoms with E-state index in [2.05, 4.69) is 32.6 Å². The van der Waals surface area contributed by atoms with Gasteiger partial charge < -0.3 is 14.5 Å². The first-order valence-electron chi connectivity index (χ1n) is 10.3. The average molecular weight is 428 g/mol. The molecule has 3 aromatic carbocycles. The monoisotopic (exact) mass is 428 g/mol. The number of hydrogen-bond donors (Lipinski definition) is 2. The van der Waals surface area contributed by atoms with Gasteiger partial charge in [0.05, 0.1) is 31.0 Å². The van der Waals surface area contributed by atoms with Gasteiger partial charge in [0.2, 0.25) is 0 Å². The fourth-order valence-corrected chi connectivity index (χ4v) is 3.35. The second-order valence-electron chi connectivity index (χ2n) is 7.12. The standard InChI is InChI=1S/C25H24N4O3/c1-3-32-22-12-9-18(13-23(22)31-2)16-26-29-25(30)19-10-11-20-21(15-19)28-24(27-20)14-17-7-5-4-6-8-17/h4-13,15-16H,3,14H2,1-2H3,(H,27,28)(H,29,30)/b26-16-. The van der Waals surface area contributed by atoms with Crippen LogP contribution in [0.25, 0.3) is 11.0 Å². The molecule has 0 saturated heterocycles. The van der Waals surface area contributed by atoms with E-state index in [0.29, 0.717) is 30.1 Å². The fraction of sp³-hybridized carbons (Fsp3) is 0.160. The van der Waals surface area contributed by atoms with Crippen LogP contribution in [0.2, 0.25) is 0 Å². The Balaban J connectivity index is 1.43. The Morgan fingerprint density at radius 3 is 2.72 bits per heavy atom. The molecule has 0 unspecified atom stereocenters. The summed E-state index contributed by atoms with van der Waals surface area (Å²) in [6, 6.07) is 20.9. The molecule has 1 heterocycles. The number of ether oxygens (including phenoxy) is 2. The highest BCUT2D eigenvalue weighted by atomic mass is 16.5. The molecule has 2 N–H and O–H groups in total. The molecular formula is C25H24N4O3. The van der Waals surface area contributed by atoms with Gasteiger partial charge in [-0.1, -0.05) is 30.3 Å². The summed E-state index contributed by atoms with van der Waals surface area (Å²) in [7, 11) is 1.58. The number of carbonyl (C=O) groups excluding carboxylic acids is 1. The van der Waals surface area contributed by atoms with E-state index in [9.17, 15) is 4.79 Å². The van der Waals surface area contributed by atoms with Crippen LogP contribution in [-0.4, -0.2) is 35.8 Å². The number of benzene rings is 3. The highest BCUT2D eigenvalue weighted by Gasteiger charge is 2.09. The maximum atomic E-state index is 12.5. The molecule has 0 aliphatic carbocycles. The number of fused-ring (bicyclic) bond motifs is 1. The summed E-state index contributed by atoms with van der Waals surface area (Å²) in [5.41, 5.74) is 6.63. The molecule has 0 atom stereocenters. The van der Waals surface area contributed by atoms with Gasteiger partial charge in [-0.3, -0.25) is 4.79 Å². The first-order chi connectivity index (χ1) is 15.7. The fourth-order valence-electron chi connectivity index (χ4n) is 3.35. The summed E-state index contributed by atoms with van der Waals surface area (Å²) in [6.45, 7) is 2.46. The maximum absolute atomic E-state index is 12.5. The number of amides is 1. The molecule has 162 valence electrons. The topological polar surface area (TPSA) is 88.6 Å². The van der Waals surface area contributed by atoms with Crippen LogP contribution < -0.4 is 14.9 Å². The Labute approximate surface area is 186 Å². The second-order valence-corrected chi connectivity index (χ2v) is 7.12. The minimum Gasteiger partial charge on any atom is -0.493 e. The van der Waals surface area contributed by atoms with Crippen LogP contribution in [0.15, 0.2) is 71.8 Å². The van der Waals surface area contributed by atoms with Crippen molar-refractivity contribution in [2.75, 3.05) is 13.7 Å². The number of carbonyl (C=O) groups is 1. The first-order valence-corrected chi connectivity index (χ1v) is 10.3. The molecule has 4 rings (SSSR count). The lowest BCUT2D eigenvalue weighted by molar-refractivity contribution is 0.0955. The van der Waals surface area contributed by atoms with E-state index in [1.54, 1.807) is 31.5 Å². The molecule has 0 aliphatic rings. The zero-order valence-corrected chi connectivity index (χ0v) is 18.0. The summed E-state index contributed by atoms with van der Waals surface area (Å²) in [5, 5.41) is 4.06. The van der Waals surface area contributed by atoms with Crippen molar-refractivity contribution in [2.24, 2.45) is 5.10 Å². The maximum Gasteiger partial charge on any atom is 0.271 e. The number of hydrazone groups is 1. The van der Waals surface area contributed by atoms with Crippen LogP contribution in [0, 0.1) is 0 Å². The third-order valence-electron chi connectivity index (χ3n) is 4.87. The van der Waals surface area contributed by atoms with Gasteiger partial charge in [-0.15, -0.1) is 0 Å². The predicted molar refractivity (Wildman–Crippen MR) is 125 cm³/mol. The summed E-state index contributed by atoms with van der Waals surface area (Å²) >= 11 is 0. The van der Waals surface area contributed by atoms with E-state index in [1.165, 1.54) is 5.56 Å². The summed E-state index contributed by atoms with van der Waals surface area (Å²) in [5.74, 6) is 1.82. The molecule has 0 saturated carbocycles. The van der Waals surface area contributed by atoms with E-state index >= 15 is 0 Å². The van der Waals surface area contributed by atoms with Crippen molar-refractivity contribution in [3.05, 3.63) is 89.2 Å². The molecule has 0 bridgehead atoms. The molecule has 1 aromatic heterocycles. The lowest BCUT2D eigenvalue weighted by Crippen LogP contribution is -2.17. The van der Waals surface area contributed by atoms with Gasteiger partial charge in [0.1, 0.15) is 5.82 Å². The number of imidazole rings is 1. The highest BCUT2D eigenvalue weighted by molar-refractivity contribution is 5.97. The van der Waals surface area contributed by atoms with Crippen molar-refractivity contribution in [2.45, 2.75) is 13.3 Å². The number of aromatic nitrogens is 2. The van der Waals surface area contributed by atoms with Crippen molar-refractivity contribution in [1.82, 2.24) is 15.4 Å². The highest BCUT2D eigenvalue weighted by Crippen LogP contribution is 2.27. The van der Waals surface area contributed by atoms with E-state index in [0.717, 1.165) is 22.4 Å². The van der Waals surface area contributed by atoms with Gasteiger partial charge in [-0.05, 0) is 54.4 Å². The van der Waals surface area contributed by atoms with Crippen LogP contribution in [0.1, 0.15) is 34.2 Å². The van der Waals surface area contributed by atoms with Crippen LogP contribution >= 0.6 is 0 Å². The van der Waals surface area contributed by atoms with Gasteiger partial charge in [0.15, 0.2) is 11.5 Å². The molecule has 0 aliphatic heterocycles. The quantitative estimate of drug-likeness (QED) is 0.323. The van der Waals surface area contributed by atoms with Crippen LogP contribution in [-0.2, 0) is 6.42 Å². The molecule has 4 aromatic rings. The molecule has 1 amide bonds. The third-order valence-corrected chi connectivity index (χ3v) is 4.87. The third kappa shape index (κ3) is 4.95. The SMILES string of the molecule is CCOc1ccc(/C=N\NC(=O)c2ccc3nc(Cc4ccccc4)[nH]c3c2)cc1OC. The number of hydrogen-bond acceptors (Lipinski definition) is 5. The molecule has 0 fully saturated rings. The van der Waals surface area contributed by atoms with Gasteiger partial charge in [-0.2, -0.15) is 5.10 Å². The summed E-state index contributed by atoms with van der Waals surface area (Å²) < 4.78 is 10.8. The van der Waals surface area contributed by atoms with Crippen molar-refractivity contribution in [1.29, 1.82) is 0 Å². The Morgan fingerprint density at radius 2 is 1.94 bits per heavy atom. The van der Waals surface area contributed by atoms with Crippen molar-refractivity contribution >= 4 is 23.2 Å². The Morgan fingerprint density at radius 1 is 1.09 bits per heavy atom. The number of methoxy groups -OCH3 is 1. The van der Waals surface area contributed by atoms with Crippen molar-refractivity contribution in [3.63, 3.8) is 0 Å². The van der Waals surface area contributed by atoms with Crippen molar-refractivity contribution < 1.29 is 14.3 Å². The number of nitrogens with one attached hydrogen (secondary N) is 2. The van der Waals surface area contributed by atoms with Gasteiger partial charge in [0.25, 0.3) is 5.91 Å². The van der Waals surface area contributed by atoms with Crippen molar-refractivity contribution in [3.8, 4) is 11.5 Å². The lowest BCUT2D eigenvalue weighted by atomic mass is 10.1. The minimum atomic E-state index is -0.305. The zero-order valence-electron chi connectivity index (χ0n) is 18.0. The van der Waals surface area contributed by atoms with Gasteiger partial charge >= 0.3 is 0 Å². The normalized spacial score (nSPS) is 11.1. The Bertz CT molecular complexity index is 1250. The number of H-pyrrole nitrogens is 1. The first kappa shape index (κ1) is 21.1. The van der Waals surface area contributed by atoms with E-state index in [1.807, 2.05) is 43.3 Å². The molecule has 7 nitrogen and oxygen atoms in total. The smallest absolute Gasteiger partial charge is 0.271 e. The number of rotatable bonds is 8. The Kier molecular flexibility index (Phi) is 6.46. The van der Waals surface area contributed by atoms with Gasteiger partial charge in [-0.25, -0.2) is 10.4 Å². The number of nitrogens with zero attached hydrogens (tertiary/aromatic N) is 2. The zero-order chi connectivity index (χ0) is 22.3. The van der Waals surface area contributed by atoms with Gasteiger partial charge in [0, 0.05) is 12.0 Å². The molecule has 0 spiro atoms. The van der Waals surface area contributed by atoms with Crippen LogP contribution in [0.4, 0.5) is 0 Å². The second kappa shape index (κ2) is 9.78. The summed E-state index contributed by atoms with van der Waals surface area (Å²) in [4.78, 5) is 20.4. The van der Waals surface area contributed by atoms with Crippen LogP contribution in [0.5, 0.6) is 11.5 Å². The van der Waals surface area contributed by atoms with Crippen LogP contribution in [0.3, 0.4) is 0 Å². The molecule has 32 heavy (non-hydrogen) atoms. The van der Waals surface area contributed by atoms with E-state index in [4.69, 9.17) is 9.47 Å². The predicted octanol–water partition coefficient (Wildman–Crippen LogP) is 4.32. The lowest BCUT2D eigenvalue weighted by Gasteiger charge is -2.09. The summed E-state index contributed by atoms with van der Waals surface area (Å²) in [6.07, 6.45) is 2.26. The minimum absolute atomic E-state index is 0.305. The largest absolute Gasteiger partial charge is 0.493 e. The van der Waals surface area contributed by atoms with E-state index in [-0.39, 0.29) is 5.91 Å². The van der Waals surface area contributed by atoms with E-state index < -0.39 is 0 Å². The number of aromatic amines is 1. The molecular weight excluding hydrogens is 404 g/mol. The Hall–Kier alpha value is -4.13. The molecule has 0 radical (unpaired) electrons.